The molecular weight excluding hydrogens is 383 g/mol. The van der Waals surface area contributed by atoms with Gasteiger partial charge in [0.15, 0.2) is 5.13 Å². The van der Waals surface area contributed by atoms with E-state index in [1.807, 2.05) is 0 Å². The number of para-hydroxylation sites is 1. The second kappa shape index (κ2) is 6.15. The van der Waals surface area contributed by atoms with Crippen LogP contribution in [0.2, 0.25) is 10.0 Å². The van der Waals surface area contributed by atoms with E-state index >= 15 is 0 Å². The molecule has 0 aliphatic carbocycles. The van der Waals surface area contributed by atoms with Gasteiger partial charge >= 0.3 is 5.63 Å². The first kappa shape index (κ1) is 16.1. The molecule has 0 aliphatic rings. The summed E-state index contributed by atoms with van der Waals surface area (Å²) in [6.07, 6.45) is 0. The Hall–Kier alpha value is -2.41. The van der Waals surface area contributed by atoms with Crippen molar-refractivity contribution >= 4 is 66.8 Å². The Morgan fingerprint density at radius 3 is 2.68 bits per heavy atom. The Labute approximate surface area is 154 Å². The molecule has 8 heteroatoms. The van der Waals surface area contributed by atoms with Gasteiger partial charge in [0.1, 0.15) is 16.7 Å². The molecule has 2 aromatic heterocycles. The van der Waals surface area contributed by atoms with Gasteiger partial charge in [-0.05, 0) is 24.3 Å². The smallest absolute Gasteiger partial charge is 0.349 e. The number of nitrogens with zero attached hydrogens (tertiary/aromatic N) is 1. The minimum absolute atomic E-state index is 0.102. The first-order valence-electron chi connectivity index (χ1n) is 7.12. The zero-order chi connectivity index (χ0) is 17.6. The molecule has 0 bridgehead atoms. The maximum absolute atomic E-state index is 12.5. The van der Waals surface area contributed by atoms with Crippen LogP contribution in [0, 0.1) is 0 Å². The highest BCUT2D eigenvalue weighted by Gasteiger charge is 2.17. The second-order valence-corrected chi connectivity index (χ2v) is 6.98. The molecule has 0 aliphatic heterocycles. The third kappa shape index (κ3) is 2.89. The van der Waals surface area contributed by atoms with Crippen molar-refractivity contribution in [2.75, 3.05) is 5.32 Å². The van der Waals surface area contributed by atoms with Crippen molar-refractivity contribution in [3.05, 3.63) is 68.5 Å². The number of thiazole rings is 1. The second-order valence-electron chi connectivity index (χ2n) is 5.17. The van der Waals surface area contributed by atoms with Gasteiger partial charge in [0.25, 0.3) is 5.91 Å². The van der Waals surface area contributed by atoms with E-state index in [0.29, 0.717) is 36.4 Å². The summed E-state index contributed by atoms with van der Waals surface area (Å²) in [6.45, 7) is 0. The summed E-state index contributed by atoms with van der Waals surface area (Å²) in [5.41, 5.74) is 0.103. The largest absolute Gasteiger partial charge is 0.422 e. The van der Waals surface area contributed by atoms with Crippen molar-refractivity contribution < 1.29 is 9.21 Å². The number of hydrogen-bond acceptors (Lipinski definition) is 5. The van der Waals surface area contributed by atoms with E-state index in [2.05, 4.69) is 10.3 Å². The summed E-state index contributed by atoms with van der Waals surface area (Å²) >= 11 is 13.4. The molecule has 2 aromatic carbocycles. The van der Waals surface area contributed by atoms with Crippen LogP contribution >= 0.6 is 34.5 Å². The lowest BCUT2D eigenvalue weighted by Crippen LogP contribution is -2.20. The molecule has 5 nitrogen and oxygen atoms in total. The lowest BCUT2D eigenvalue weighted by atomic mass is 10.2. The Balaban J connectivity index is 1.73. The molecule has 0 spiro atoms. The maximum atomic E-state index is 12.5. The maximum Gasteiger partial charge on any atom is 0.349 e. The third-order valence-corrected chi connectivity index (χ3v) is 5.29. The Bertz CT molecular complexity index is 1160. The highest BCUT2D eigenvalue weighted by molar-refractivity contribution is 7.23. The molecular formula is C17H8Cl2N2O3S. The molecule has 0 unspecified atom stereocenters. The number of amides is 1. The van der Waals surface area contributed by atoms with Crippen LogP contribution in [-0.2, 0) is 0 Å². The van der Waals surface area contributed by atoms with Gasteiger partial charge < -0.3 is 4.42 Å². The first-order valence-corrected chi connectivity index (χ1v) is 8.69. The minimum atomic E-state index is -0.714. The summed E-state index contributed by atoms with van der Waals surface area (Å²) in [4.78, 5) is 28.8. The zero-order valence-electron chi connectivity index (χ0n) is 12.4. The average molecular weight is 391 g/mol. The van der Waals surface area contributed by atoms with Gasteiger partial charge in [-0.3, -0.25) is 10.1 Å². The predicted octanol–water partition coefficient (Wildman–Crippen LogP) is 4.96. The van der Waals surface area contributed by atoms with E-state index < -0.39 is 11.5 Å². The van der Waals surface area contributed by atoms with Crippen LogP contribution in [0.5, 0.6) is 0 Å². The van der Waals surface area contributed by atoms with E-state index in [0.717, 1.165) is 0 Å². The van der Waals surface area contributed by atoms with Crippen LogP contribution in [-0.4, -0.2) is 10.9 Å². The van der Waals surface area contributed by atoms with E-state index in [-0.39, 0.29) is 5.56 Å². The molecule has 0 saturated carbocycles. The molecule has 0 fully saturated rings. The molecule has 0 saturated heterocycles. The fraction of sp³-hybridized carbons (Fsp3) is 0. The van der Waals surface area contributed by atoms with E-state index in [4.69, 9.17) is 27.6 Å². The van der Waals surface area contributed by atoms with E-state index in [1.54, 1.807) is 36.4 Å². The SMILES string of the molecule is O=C(Nc1nc2c(Cl)ccc(Cl)c2s1)c1cc2ccccc2oc1=O. The van der Waals surface area contributed by atoms with Crippen LogP contribution in [0.15, 0.2) is 51.7 Å². The molecule has 2 heterocycles. The van der Waals surface area contributed by atoms with Crippen molar-refractivity contribution in [3.63, 3.8) is 0 Å². The fourth-order valence-corrected chi connectivity index (χ4v) is 3.80. The number of nitrogens with one attached hydrogen (secondary N) is 1. The molecule has 0 atom stereocenters. The number of carbonyl (C=O) groups is 1. The molecule has 124 valence electrons. The molecule has 1 N–H and O–H groups in total. The van der Waals surface area contributed by atoms with Crippen LogP contribution < -0.4 is 10.9 Å². The zero-order valence-corrected chi connectivity index (χ0v) is 14.7. The lowest BCUT2D eigenvalue weighted by Gasteiger charge is -2.02. The Morgan fingerprint density at radius 1 is 1.12 bits per heavy atom. The average Bonchev–Trinajstić information content (AvgIpc) is 3.02. The summed E-state index contributed by atoms with van der Waals surface area (Å²) in [5.74, 6) is -0.606. The van der Waals surface area contributed by atoms with Crippen LogP contribution in [0.3, 0.4) is 0 Å². The van der Waals surface area contributed by atoms with E-state index in [9.17, 15) is 9.59 Å². The van der Waals surface area contributed by atoms with Crippen molar-refractivity contribution in [2.45, 2.75) is 0 Å². The van der Waals surface area contributed by atoms with Crippen molar-refractivity contribution in [1.29, 1.82) is 0 Å². The quantitative estimate of drug-likeness (QED) is 0.490. The van der Waals surface area contributed by atoms with Crippen LogP contribution in [0.4, 0.5) is 5.13 Å². The van der Waals surface area contributed by atoms with E-state index in [1.165, 1.54) is 17.4 Å². The van der Waals surface area contributed by atoms with Crippen molar-refractivity contribution in [3.8, 4) is 0 Å². The summed E-state index contributed by atoms with van der Waals surface area (Å²) in [6, 6.07) is 11.7. The predicted molar refractivity (Wildman–Crippen MR) is 100 cm³/mol. The van der Waals surface area contributed by atoms with Crippen LogP contribution in [0.1, 0.15) is 10.4 Å². The minimum Gasteiger partial charge on any atom is -0.422 e. The highest BCUT2D eigenvalue weighted by atomic mass is 35.5. The fourth-order valence-electron chi connectivity index (χ4n) is 2.38. The van der Waals surface area contributed by atoms with Gasteiger partial charge in [-0.15, -0.1) is 0 Å². The number of anilines is 1. The summed E-state index contributed by atoms with van der Waals surface area (Å²) in [7, 11) is 0. The van der Waals surface area contributed by atoms with Gasteiger partial charge in [0.2, 0.25) is 0 Å². The number of halogens is 2. The van der Waals surface area contributed by atoms with Crippen molar-refractivity contribution in [1.82, 2.24) is 4.98 Å². The molecule has 25 heavy (non-hydrogen) atoms. The van der Waals surface area contributed by atoms with Gasteiger partial charge in [-0.2, -0.15) is 0 Å². The Morgan fingerprint density at radius 2 is 1.88 bits per heavy atom. The van der Waals surface area contributed by atoms with Crippen molar-refractivity contribution in [2.24, 2.45) is 0 Å². The number of hydrogen-bond donors (Lipinski definition) is 1. The first-order chi connectivity index (χ1) is 12.0. The van der Waals surface area contributed by atoms with Crippen LogP contribution in [0.25, 0.3) is 21.2 Å². The monoisotopic (exact) mass is 390 g/mol. The number of aromatic nitrogens is 1. The van der Waals surface area contributed by atoms with Gasteiger partial charge in [0, 0.05) is 5.39 Å². The lowest BCUT2D eigenvalue weighted by molar-refractivity contribution is 0.102. The third-order valence-electron chi connectivity index (χ3n) is 3.55. The topological polar surface area (TPSA) is 72.2 Å². The highest BCUT2D eigenvalue weighted by Crippen LogP contribution is 2.36. The summed E-state index contributed by atoms with van der Waals surface area (Å²) in [5, 5.41) is 4.47. The number of benzene rings is 2. The summed E-state index contributed by atoms with van der Waals surface area (Å²) < 4.78 is 5.84. The molecule has 4 aromatic rings. The van der Waals surface area contributed by atoms with Gasteiger partial charge in [-0.25, -0.2) is 9.78 Å². The molecule has 1 amide bonds. The number of fused-ring (bicyclic) bond motifs is 2. The number of carbonyl (C=O) groups excluding carboxylic acids is 1. The molecule has 4 rings (SSSR count). The standard InChI is InChI=1S/C17H8Cl2N2O3S/c18-10-5-6-11(19)14-13(10)20-17(25-14)21-15(22)9-7-8-3-1-2-4-12(8)24-16(9)23/h1-7H,(H,20,21,22). The van der Waals surface area contributed by atoms with Gasteiger partial charge in [-0.1, -0.05) is 52.7 Å². The molecule has 0 radical (unpaired) electrons. The Kier molecular flexibility index (Phi) is 3.95. The van der Waals surface area contributed by atoms with Gasteiger partial charge in [0.05, 0.1) is 14.7 Å². The normalized spacial score (nSPS) is 11.1. The number of rotatable bonds is 2.